The van der Waals surface area contributed by atoms with Crippen LogP contribution in [0, 0.1) is 0 Å². The summed E-state index contributed by atoms with van der Waals surface area (Å²) in [6.07, 6.45) is 6.16. The maximum Gasteiger partial charge on any atom is 0.194 e. The molecule has 1 heterocycles. The molecule has 0 radical (unpaired) electrons. The van der Waals surface area contributed by atoms with Crippen molar-refractivity contribution in [2.24, 2.45) is 5.73 Å². The fourth-order valence-corrected chi connectivity index (χ4v) is 2.26. The standard InChI is InChI=1S/C13H19N3O/c14-10-5-1-2-6-11(10)16-9-13(17)12-7-3-4-8-15-12/h3-4,7-8,10-11,16H,1-2,5-6,9,14H2/t10-,11+/m0/s1. The molecule has 0 aliphatic heterocycles. The molecule has 0 unspecified atom stereocenters. The maximum absolute atomic E-state index is 11.8. The number of nitrogens with two attached hydrogens (primary N) is 1. The number of Topliss-reactive ketones (excluding diaryl/α,β-unsaturated/α-hetero) is 1. The summed E-state index contributed by atoms with van der Waals surface area (Å²) < 4.78 is 0. The second-order valence-corrected chi connectivity index (χ2v) is 4.57. The minimum atomic E-state index is 0.0309. The first-order valence-electron chi connectivity index (χ1n) is 6.20. The number of carbonyl (C=O) groups is 1. The Morgan fingerprint density at radius 1 is 1.41 bits per heavy atom. The smallest absolute Gasteiger partial charge is 0.194 e. The zero-order chi connectivity index (χ0) is 12.1. The molecule has 1 aliphatic rings. The average molecular weight is 233 g/mol. The van der Waals surface area contributed by atoms with E-state index in [0.29, 0.717) is 12.2 Å². The van der Waals surface area contributed by atoms with Crippen molar-refractivity contribution in [3.63, 3.8) is 0 Å². The molecule has 2 rings (SSSR count). The van der Waals surface area contributed by atoms with E-state index in [4.69, 9.17) is 5.73 Å². The Balaban J connectivity index is 1.84. The van der Waals surface area contributed by atoms with Crippen LogP contribution in [-0.4, -0.2) is 29.4 Å². The Bertz CT molecular complexity index is 366. The van der Waals surface area contributed by atoms with Gasteiger partial charge < -0.3 is 11.1 Å². The second kappa shape index (κ2) is 5.89. The van der Waals surface area contributed by atoms with Gasteiger partial charge in [0.05, 0.1) is 6.54 Å². The van der Waals surface area contributed by atoms with Crippen LogP contribution in [0.25, 0.3) is 0 Å². The molecule has 4 nitrogen and oxygen atoms in total. The van der Waals surface area contributed by atoms with E-state index in [1.807, 2.05) is 6.07 Å². The van der Waals surface area contributed by atoms with E-state index in [0.717, 1.165) is 12.8 Å². The lowest BCUT2D eigenvalue weighted by Crippen LogP contribution is -2.48. The number of hydrogen-bond acceptors (Lipinski definition) is 4. The monoisotopic (exact) mass is 233 g/mol. The Labute approximate surface area is 102 Å². The summed E-state index contributed by atoms with van der Waals surface area (Å²) >= 11 is 0. The number of aromatic nitrogens is 1. The van der Waals surface area contributed by atoms with E-state index in [1.165, 1.54) is 12.8 Å². The lowest BCUT2D eigenvalue weighted by Gasteiger charge is -2.29. The Morgan fingerprint density at radius 3 is 2.94 bits per heavy atom. The van der Waals surface area contributed by atoms with Crippen molar-refractivity contribution < 1.29 is 4.79 Å². The predicted octanol–water partition coefficient (Wildman–Crippen LogP) is 1.12. The van der Waals surface area contributed by atoms with E-state index >= 15 is 0 Å². The van der Waals surface area contributed by atoms with Gasteiger partial charge in [-0.25, -0.2) is 0 Å². The molecule has 1 aliphatic carbocycles. The largest absolute Gasteiger partial charge is 0.326 e. The number of ketones is 1. The van der Waals surface area contributed by atoms with Gasteiger partial charge in [0, 0.05) is 18.3 Å². The van der Waals surface area contributed by atoms with Gasteiger partial charge in [-0.3, -0.25) is 9.78 Å². The number of rotatable bonds is 4. The quantitative estimate of drug-likeness (QED) is 0.765. The predicted molar refractivity (Wildman–Crippen MR) is 66.8 cm³/mol. The fraction of sp³-hybridized carbons (Fsp3) is 0.538. The maximum atomic E-state index is 11.8. The highest BCUT2D eigenvalue weighted by Gasteiger charge is 2.21. The van der Waals surface area contributed by atoms with E-state index in [9.17, 15) is 4.79 Å². The molecule has 1 aromatic heterocycles. The van der Waals surface area contributed by atoms with Gasteiger partial charge in [-0.15, -0.1) is 0 Å². The molecule has 4 heteroatoms. The third kappa shape index (κ3) is 3.35. The first-order chi connectivity index (χ1) is 8.27. The molecule has 0 saturated heterocycles. The summed E-state index contributed by atoms with van der Waals surface area (Å²) in [5.74, 6) is 0.0309. The van der Waals surface area contributed by atoms with E-state index in [-0.39, 0.29) is 17.9 Å². The average Bonchev–Trinajstić information content (AvgIpc) is 2.38. The van der Waals surface area contributed by atoms with Crippen molar-refractivity contribution in [2.45, 2.75) is 37.8 Å². The lowest BCUT2D eigenvalue weighted by atomic mass is 9.91. The van der Waals surface area contributed by atoms with Crippen LogP contribution in [0.1, 0.15) is 36.2 Å². The molecule has 17 heavy (non-hydrogen) atoms. The molecule has 3 N–H and O–H groups in total. The summed E-state index contributed by atoms with van der Waals surface area (Å²) in [5.41, 5.74) is 6.53. The first kappa shape index (κ1) is 12.2. The van der Waals surface area contributed by atoms with Gasteiger partial charge in [0.2, 0.25) is 0 Å². The normalized spacial score (nSPS) is 24.5. The van der Waals surface area contributed by atoms with Crippen LogP contribution in [0.3, 0.4) is 0 Å². The second-order valence-electron chi connectivity index (χ2n) is 4.57. The first-order valence-corrected chi connectivity index (χ1v) is 6.20. The van der Waals surface area contributed by atoms with E-state index < -0.39 is 0 Å². The van der Waals surface area contributed by atoms with Crippen molar-refractivity contribution in [1.82, 2.24) is 10.3 Å². The molecule has 0 spiro atoms. The van der Waals surface area contributed by atoms with Crippen LogP contribution in [0.4, 0.5) is 0 Å². The third-order valence-corrected chi connectivity index (χ3v) is 3.29. The molecule has 0 bridgehead atoms. The van der Waals surface area contributed by atoms with Crippen LogP contribution in [0.2, 0.25) is 0 Å². The topological polar surface area (TPSA) is 68.0 Å². The Kier molecular flexibility index (Phi) is 4.23. The van der Waals surface area contributed by atoms with Crippen molar-refractivity contribution in [2.75, 3.05) is 6.54 Å². The molecular weight excluding hydrogens is 214 g/mol. The number of pyridine rings is 1. The SMILES string of the molecule is N[C@H]1CCCC[C@H]1NCC(=O)c1ccccn1. The van der Waals surface area contributed by atoms with Crippen molar-refractivity contribution in [3.8, 4) is 0 Å². The zero-order valence-electron chi connectivity index (χ0n) is 9.93. The molecular formula is C13H19N3O. The number of hydrogen-bond donors (Lipinski definition) is 2. The van der Waals surface area contributed by atoms with Crippen molar-refractivity contribution >= 4 is 5.78 Å². The van der Waals surface area contributed by atoms with Crippen LogP contribution < -0.4 is 11.1 Å². The Morgan fingerprint density at radius 2 is 2.24 bits per heavy atom. The van der Waals surface area contributed by atoms with Gasteiger partial charge in [-0.05, 0) is 25.0 Å². The fourth-order valence-electron chi connectivity index (χ4n) is 2.26. The molecule has 92 valence electrons. The number of nitrogens with one attached hydrogen (secondary N) is 1. The summed E-state index contributed by atoms with van der Waals surface area (Å²) in [4.78, 5) is 15.9. The molecule has 0 amide bonds. The number of nitrogens with zero attached hydrogens (tertiary/aromatic N) is 1. The minimum absolute atomic E-state index is 0.0309. The highest BCUT2D eigenvalue weighted by atomic mass is 16.1. The highest BCUT2D eigenvalue weighted by Crippen LogP contribution is 2.16. The van der Waals surface area contributed by atoms with Gasteiger partial charge >= 0.3 is 0 Å². The number of carbonyl (C=O) groups excluding carboxylic acids is 1. The lowest BCUT2D eigenvalue weighted by molar-refractivity contribution is 0.0978. The van der Waals surface area contributed by atoms with Gasteiger partial charge in [0.15, 0.2) is 5.78 Å². The molecule has 1 fully saturated rings. The zero-order valence-corrected chi connectivity index (χ0v) is 9.93. The summed E-state index contributed by atoms with van der Waals surface area (Å²) in [6.45, 7) is 0.329. The summed E-state index contributed by atoms with van der Waals surface area (Å²) in [6, 6.07) is 5.83. The van der Waals surface area contributed by atoms with Gasteiger partial charge in [0.1, 0.15) is 5.69 Å². The van der Waals surface area contributed by atoms with Crippen LogP contribution in [0.5, 0.6) is 0 Å². The summed E-state index contributed by atoms with van der Waals surface area (Å²) in [5, 5.41) is 3.26. The van der Waals surface area contributed by atoms with Gasteiger partial charge in [-0.2, -0.15) is 0 Å². The van der Waals surface area contributed by atoms with Crippen molar-refractivity contribution in [3.05, 3.63) is 30.1 Å². The van der Waals surface area contributed by atoms with Crippen LogP contribution in [0.15, 0.2) is 24.4 Å². The van der Waals surface area contributed by atoms with Crippen LogP contribution >= 0.6 is 0 Å². The Hall–Kier alpha value is -1.26. The molecule has 0 aromatic carbocycles. The third-order valence-electron chi connectivity index (χ3n) is 3.29. The molecule has 2 atom stereocenters. The molecule has 1 aromatic rings. The highest BCUT2D eigenvalue weighted by molar-refractivity contribution is 5.95. The van der Waals surface area contributed by atoms with Gasteiger partial charge in [-0.1, -0.05) is 18.9 Å². The van der Waals surface area contributed by atoms with E-state index in [2.05, 4.69) is 10.3 Å². The summed E-state index contributed by atoms with van der Waals surface area (Å²) in [7, 11) is 0. The van der Waals surface area contributed by atoms with Gasteiger partial charge in [0.25, 0.3) is 0 Å². The van der Waals surface area contributed by atoms with Crippen LogP contribution in [-0.2, 0) is 0 Å². The minimum Gasteiger partial charge on any atom is -0.326 e. The van der Waals surface area contributed by atoms with Crippen molar-refractivity contribution in [1.29, 1.82) is 0 Å². The van der Waals surface area contributed by atoms with E-state index in [1.54, 1.807) is 18.3 Å². The molecule has 1 saturated carbocycles.